The van der Waals surface area contributed by atoms with Crippen LogP contribution in [0, 0.1) is 0 Å². The number of furan rings is 1. The van der Waals surface area contributed by atoms with E-state index in [0.717, 1.165) is 50.1 Å². The summed E-state index contributed by atoms with van der Waals surface area (Å²) in [4.78, 5) is 16.8. The Kier molecular flexibility index (Phi) is 3.79. The molecule has 5 nitrogen and oxygen atoms in total. The molecule has 0 atom stereocenters. The summed E-state index contributed by atoms with van der Waals surface area (Å²) in [5.74, 6) is 0.585. The molecule has 4 heterocycles. The van der Waals surface area contributed by atoms with Gasteiger partial charge in [0.05, 0.1) is 12.5 Å². The lowest BCUT2D eigenvalue weighted by molar-refractivity contribution is 0.131. The minimum absolute atomic E-state index is 0.227. The number of piperidine rings is 1. The Morgan fingerprint density at radius 1 is 1.00 bits per heavy atom. The molecule has 5 heteroatoms. The van der Waals surface area contributed by atoms with Crippen molar-refractivity contribution >= 4 is 6.09 Å². The van der Waals surface area contributed by atoms with Crippen molar-refractivity contribution in [2.45, 2.75) is 18.9 Å². The van der Waals surface area contributed by atoms with Gasteiger partial charge in [-0.1, -0.05) is 12.1 Å². The van der Waals surface area contributed by atoms with Gasteiger partial charge in [0.1, 0.15) is 5.75 Å². The van der Waals surface area contributed by atoms with E-state index < -0.39 is 0 Å². The van der Waals surface area contributed by atoms with Gasteiger partial charge in [-0.25, -0.2) is 4.79 Å². The molecule has 3 aliphatic heterocycles. The number of hydrogen-bond acceptors (Lipinski definition) is 4. The lowest BCUT2D eigenvalue weighted by Gasteiger charge is -2.30. The van der Waals surface area contributed by atoms with Crippen molar-refractivity contribution in [2.75, 3.05) is 26.2 Å². The topological polar surface area (TPSA) is 45.9 Å². The third-order valence-electron chi connectivity index (χ3n) is 4.80. The van der Waals surface area contributed by atoms with Crippen molar-refractivity contribution in [2.24, 2.45) is 0 Å². The molecule has 0 N–H and O–H groups in total. The van der Waals surface area contributed by atoms with Crippen LogP contribution in [0.3, 0.4) is 0 Å². The first-order chi connectivity index (χ1) is 11.3. The van der Waals surface area contributed by atoms with Crippen LogP contribution < -0.4 is 4.74 Å². The van der Waals surface area contributed by atoms with Gasteiger partial charge in [-0.2, -0.15) is 0 Å². The molecule has 3 aliphatic rings. The first-order valence-corrected chi connectivity index (χ1v) is 8.13. The van der Waals surface area contributed by atoms with Crippen LogP contribution in [0.15, 0.2) is 47.3 Å². The monoisotopic (exact) mass is 312 g/mol. The number of nitrogens with zero attached hydrogens (tertiary/aromatic N) is 2. The second kappa shape index (κ2) is 6.08. The molecule has 2 bridgehead atoms. The number of benzene rings is 1. The third kappa shape index (κ3) is 2.97. The molecule has 3 saturated heterocycles. The average molecular weight is 312 g/mol. The highest BCUT2D eigenvalue weighted by molar-refractivity contribution is 5.72. The highest BCUT2D eigenvalue weighted by Gasteiger charge is 2.32. The van der Waals surface area contributed by atoms with Crippen LogP contribution >= 0.6 is 0 Å². The maximum atomic E-state index is 12.5. The fourth-order valence-corrected chi connectivity index (χ4v) is 3.43. The highest BCUT2D eigenvalue weighted by atomic mass is 16.6. The van der Waals surface area contributed by atoms with Crippen LogP contribution in [0.5, 0.6) is 5.75 Å². The Labute approximate surface area is 135 Å². The highest BCUT2D eigenvalue weighted by Crippen LogP contribution is 2.25. The summed E-state index contributed by atoms with van der Waals surface area (Å²) in [7, 11) is 0. The molecule has 120 valence electrons. The van der Waals surface area contributed by atoms with Crippen molar-refractivity contribution in [3.63, 3.8) is 0 Å². The fourth-order valence-electron chi connectivity index (χ4n) is 3.43. The van der Waals surface area contributed by atoms with Gasteiger partial charge in [0.2, 0.25) is 0 Å². The zero-order valence-electron chi connectivity index (χ0n) is 13.0. The summed E-state index contributed by atoms with van der Waals surface area (Å²) < 4.78 is 10.7. The lowest BCUT2D eigenvalue weighted by atomic mass is 10.1. The molecule has 2 aromatic rings. The van der Waals surface area contributed by atoms with Gasteiger partial charge >= 0.3 is 6.09 Å². The minimum Gasteiger partial charge on any atom is -0.472 e. The van der Waals surface area contributed by atoms with Crippen molar-refractivity contribution in [3.05, 3.63) is 42.9 Å². The first-order valence-electron chi connectivity index (χ1n) is 8.13. The number of hydrogen-bond donors (Lipinski definition) is 0. The standard InChI is InChI=1S/C18H20N2O3/c21-18(20-11-10-19-8-5-16(20)6-9-19)23-17-3-1-14(2-4-17)15-7-12-22-13-15/h1-4,7,12-13,16H,5-6,8-11H2. The molecule has 0 aliphatic carbocycles. The van der Waals surface area contributed by atoms with Crippen molar-refractivity contribution in [1.82, 2.24) is 9.80 Å². The Morgan fingerprint density at radius 2 is 1.78 bits per heavy atom. The van der Waals surface area contributed by atoms with Crippen molar-refractivity contribution < 1.29 is 13.9 Å². The van der Waals surface area contributed by atoms with E-state index in [1.54, 1.807) is 12.5 Å². The number of carbonyl (C=O) groups is 1. The maximum absolute atomic E-state index is 12.5. The normalized spacial score (nSPS) is 23.6. The lowest BCUT2D eigenvalue weighted by Crippen LogP contribution is -2.43. The molecule has 0 unspecified atom stereocenters. The van der Waals surface area contributed by atoms with Gasteiger partial charge in [-0.15, -0.1) is 0 Å². The summed E-state index contributed by atoms with van der Waals surface area (Å²) >= 11 is 0. The summed E-state index contributed by atoms with van der Waals surface area (Å²) in [6.45, 7) is 3.89. The molecule has 23 heavy (non-hydrogen) atoms. The van der Waals surface area contributed by atoms with Gasteiger partial charge in [0.15, 0.2) is 0 Å². The molecular weight excluding hydrogens is 292 g/mol. The van der Waals surface area contributed by atoms with Crippen LogP contribution in [-0.2, 0) is 0 Å². The van der Waals surface area contributed by atoms with Crippen LogP contribution in [0.4, 0.5) is 4.79 Å². The summed E-state index contributed by atoms with van der Waals surface area (Å²) in [6, 6.07) is 9.77. The van der Waals surface area contributed by atoms with Crippen LogP contribution in [0.25, 0.3) is 11.1 Å². The zero-order chi connectivity index (χ0) is 15.6. The van der Waals surface area contributed by atoms with Gasteiger partial charge < -0.3 is 19.0 Å². The smallest absolute Gasteiger partial charge is 0.415 e. The third-order valence-corrected chi connectivity index (χ3v) is 4.80. The Morgan fingerprint density at radius 3 is 2.48 bits per heavy atom. The number of carbonyl (C=O) groups excluding carboxylic acids is 1. The quantitative estimate of drug-likeness (QED) is 0.854. The largest absolute Gasteiger partial charge is 0.472 e. The SMILES string of the molecule is O=C(Oc1ccc(-c2ccoc2)cc1)N1CCN2CCC1CC2. The second-order valence-corrected chi connectivity index (χ2v) is 6.17. The van der Waals surface area contributed by atoms with E-state index in [4.69, 9.17) is 9.15 Å². The van der Waals surface area contributed by atoms with Gasteiger partial charge in [-0.3, -0.25) is 0 Å². The molecule has 5 rings (SSSR count). The Bertz CT molecular complexity index is 658. The van der Waals surface area contributed by atoms with E-state index in [1.165, 1.54) is 0 Å². The van der Waals surface area contributed by atoms with E-state index in [-0.39, 0.29) is 6.09 Å². The first kappa shape index (κ1) is 14.3. The molecule has 1 aromatic carbocycles. The number of fused-ring (bicyclic) bond motifs is 4. The summed E-state index contributed by atoms with van der Waals surface area (Å²) in [5.41, 5.74) is 2.06. The molecule has 1 aromatic heterocycles. The number of amides is 1. The second-order valence-electron chi connectivity index (χ2n) is 6.17. The minimum atomic E-state index is -0.227. The molecule has 0 radical (unpaired) electrons. The number of rotatable bonds is 2. The van der Waals surface area contributed by atoms with E-state index >= 15 is 0 Å². The van der Waals surface area contributed by atoms with Crippen molar-refractivity contribution in [3.8, 4) is 16.9 Å². The van der Waals surface area contributed by atoms with E-state index in [0.29, 0.717) is 11.8 Å². The Hall–Kier alpha value is -2.27. The predicted molar refractivity (Wildman–Crippen MR) is 86.3 cm³/mol. The average Bonchev–Trinajstić information content (AvgIpc) is 2.95. The van der Waals surface area contributed by atoms with E-state index in [2.05, 4.69) is 4.90 Å². The van der Waals surface area contributed by atoms with Crippen LogP contribution in [0.1, 0.15) is 12.8 Å². The molecule has 3 fully saturated rings. The molecule has 0 spiro atoms. The number of ether oxygens (including phenoxy) is 1. The molecule has 1 amide bonds. The van der Waals surface area contributed by atoms with Crippen LogP contribution in [-0.4, -0.2) is 48.1 Å². The molecular formula is C18H20N2O3. The zero-order valence-corrected chi connectivity index (χ0v) is 13.0. The van der Waals surface area contributed by atoms with Gasteiger partial charge in [-0.05, 0) is 36.6 Å². The summed E-state index contributed by atoms with van der Waals surface area (Å²) in [6.07, 6.45) is 5.22. The van der Waals surface area contributed by atoms with E-state index in [9.17, 15) is 4.79 Å². The van der Waals surface area contributed by atoms with Gasteiger partial charge in [0.25, 0.3) is 0 Å². The fraction of sp³-hybridized carbons (Fsp3) is 0.389. The maximum Gasteiger partial charge on any atom is 0.415 e. The predicted octanol–water partition coefficient (Wildman–Crippen LogP) is 3.23. The summed E-state index contributed by atoms with van der Waals surface area (Å²) in [5, 5.41) is 0. The van der Waals surface area contributed by atoms with E-state index in [1.807, 2.05) is 35.2 Å². The Balaban J connectivity index is 1.44. The van der Waals surface area contributed by atoms with Crippen molar-refractivity contribution in [1.29, 1.82) is 0 Å². The van der Waals surface area contributed by atoms with Crippen LogP contribution in [0.2, 0.25) is 0 Å². The van der Waals surface area contributed by atoms with Gasteiger partial charge in [0, 0.05) is 37.8 Å². The molecule has 0 saturated carbocycles.